The average Bonchev–Trinajstić information content (AvgIpc) is 2.64. The minimum atomic E-state index is -0.566. The molecule has 1 aromatic carbocycles. The zero-order valence-corrected chi connectivity index (χ0v) is 10.9. The van der Waals surface area contributed by atoms with E-state index in [1.807, 2.05) is 26.0 Å². The van der Waals surface area contributed by atoms with Crippen LogP contribution in [0.2, 0.25) is 5.02 Å². The van der Waals surface area contributed by atoms with Crippen LogP contribution in [0.3, 0.4) is 0 Å². The molecule has 0 saturated heterocycles. The predicted molar refractivity (Wildman–Crippen MR) is 68.0 cm³/mol. The van der Waals surface area contributed by atoms with Crippen LogP contribution in [-0.4, -0.2) is 11.3 Å². The summed E-state index contributed by atoms with van der Waals surface area (Å²) in [5, 5.41) is -0.217. The van der Waals surface area contributed by atoms with Crippen molar-refractivity contribution in [1.29, 1.82) is 0 Å². The highest BCUT2D eigenvalue weighted by Crippen LogP contribution is 2.32. The third-order valence-corrected chi connectivity index (χ3v) is 3.18. The molecule has 1 aromatic rings. The number of carbonyl (C=O) groups is 1. The molecule has 5 heteroatoms. The molecule has 3 nitrogen and oxygen atoms in total. The number of carbonyl (C=O) groups excluding carboxylic acids is 1. The Morgan fingerprint density at radius 2 is 2.18 bits per heavy atom. The molecule has 0 fully saturated rings. The Morgan fingerprint density at radius 1 is 1.47 bits per heavy atom. The quantitative estimate of drug-likeness (QED) is 0.839. The summed E-state index contributed by atoms with van der Waals surface area (Å²) < 4.78 is 0. The molecule has 0 amide bonds. The van der Waals surface area contributed by atoms with Gasteiger partial charge in [0.25, 0.3) is 5.24 Å². The largest absolute Gasteiger partial charge is 0.276 e. The first-order valence-electron chi connectivity index (χ1n) is 5.13. The minimum absolute atomic E-state index is 0.0316. The Labute approximate surface area is 109 Å². The second kappa shape index (κ2) is 4.69. The minimum Gasteiger partial charge on any atom is -0.276 e. The molecule has 0 saturated carbocycles. The van der Waals surface area contributed by atoms with Crippen LogP contribution in [0.15, 0.2) is 18.2 Å². The molecule has 1 aliphatic heterocycles. The lowest BCUT2D eigenvalue weighted by atomic mass is 10.0. The first-order chi connectivity index (χ1) is 8.00. The highest BCUT2D eigenvalue weighted by Gasteiger charge is 2.20. The number of benzene rings is 1. The van der Waals surface area contributed by atoms with Crippen LogP contribution >= 0.6 is 23.2 Å². The van der Waals surface area contributed by atoms with Crippen LogP contribution in [0.1, 0.15) is 28.4 Å². The second-order valence-corrected chi connectivity index (χ2v) is 4.62. The summed E-state index contributed by atoms with van der Waals surface area (Å²) in [6.07, 6.45) is 1.87. The highest BCUT2D eigenvalue weighted by atomic mass is 35.5. The molecule has 0 aromatic heterocycles. The van der Waals surface area contributed by atoms with E-state index in [0.29, 0.717) is 10.6 Å². The van der Waals surface area contributed by atoms with Crippen molar-refractivity contribution in [3.05, 3.63) is 39.9 Å². The zero-order chi connectivity index (χ0) is 12.6. The van der Waals surface area contributed by atoms with Gasteiger partial charge in [0, 0.05) is 5.56 Å². The van der Waals surface area contributed by atoms with Crippen molar-refractivity contribution in [1.82, 2.24) is 5.48 Å². The van der Waals surface area contributed by atoms with E-state index < -0.39 is 5.24 Å². The Bertz CT molecular complexity index is 511. The molecule has 1 N–H and O–H groups in total. The zero-order valence-electron chi connectivity index (χ0n) is 9.38. The van der Waals surface area contributed by atoms with Gasteiger partial charge in [0.1, 0.15) is 6.10 Å². The van der Waals surface area contributed by atoms with Gasteiger partial charge in [-0.1, -0.05) is 17.7 Å². The van der Waals surface area contributed by atoms with Crippen molar-refractivity contribution in [2.45, 2.75) is 20.0 Å². The molecule has 2 rings (SSSR count). The van der Waals surface area contributed by atoms with E-state index in [0.717, 1.165) is 16.8 Å². The summed E-state index contributed by atoms with van der Waals surface area (Å²) in [7, 11) is 0. The molecular formula is C12H11Cl2NO2. The van der Waals surface area contributed by atoms with Gasteiger partial charge in [-0.3, -0.25) is 15.1 Å². The molecule has 0 radical (unpaired) electrons. The molecule has 1 unspecified atom stereocenters. The van der Waals surface area contributed by atoms with E-state index in [1.54, 1.807) is 6.07 Å². The van der Waals surface area contributed by atoms with Crippen molar-refractivity contribution in [2.24, 2.45) is 0 Å². The van der Waals surface area contributed by atoms with Crippen LogP contribution in [0, 0.1) is 6.92 Å². The first-order valence-corrected chi connectivity index (χ1v) is 5.89. The molecule has 90 valence electrons. The maximum atomic E-state index is 11.2. The van der Waals surface area contributed by atoms with Gasteiger partial charge in [-0.25, -0.2) is 0 Å². The van der Waals surface area contributed by atoms with Crippen LogP contribution in [0.5, 0.6) is 0 Å². The molecule has 0 aliphatic carbocycles. The molecule has 1 aliphatic rings. The number of nitrogens with one attached hydrogen (secondary N) is 1. The molecular weight excluding hydrogens is 261 g/mol. The van der Waals surface area contributed by atoms with Crippen molar-refractivity contribution >= 4 is 34.1 Å². The molecule has 1 atom stereocenters. The Balaban J connectivity index is 2.57. The maximum Gasteiger partial charge on any atom is 0.253 e. The van der Waals surface area contributed by atoms with Crippen LogP contribution < -0.4 is 5.48 Å². The second-order valence-electron chi connectivity index (χ2n) is 3.90. The number of hydrogen-bond acceptors (Lipinski definition) is 3. The van der Waals surface area contributed by atoms with E-state index in [-0.39, 0.29) is 6.10 Å². The smallest absolute Gasteiger partial charge is 0.253 e. The average molecular weight is 272 g/mol. The number of hydrogen-bond donors (Lipinski definition) is 1. The van der Waals surface area contributed by atoms with Crippen molar-refractivity contribution in [2.75, 3.05) is 0 Å². The van der Waals surface area contributed by atoms with Crippen LogP contribution in [0.25, 0.3) is 5.70 Å². The standard InChI is InChI=1S/C12H11Cl2NO2/c1-6-3-4-8(12(14)16)11(13)10(6)9-5-7(2)17-15-9/h3-5,7,15H,1-2H3. The maximum absolute atomic E-state index is 11.2. The summed E-state index contributed by atoms with van der Waals surface area (Å²) in [4.78, 5) is 16.4. The summed E-state index contributed by atoms with van der Waals surface area (Å²) in [6, 6.07) is 3.43. The van der Waals surface area contributed by atoms with Gasteiger partial charge in [0.2, 0.25) is 0 Å². The lowest BCUT2D eigenvalue weighted by Gasteiger charge is -2.11. The van der Waals surface area contributed by atoms with Gasteiger partial charge in [0.15, 0.2) is 0 Å². The lowest BCUT2D eigenvalue weighted by Crippen LogP contribution is -2.10. The fourth-order valence-corrected chi connectivity index (χ4v) is 2.35. The summed E-state index contributed by atoms with van der Waals surface area (Å²) in [6.45, 7) is 3.81. The SMILES string of the molecule is Cc1ccc(C(=O)Cl)c(Cl)c1C1=CC(C)ON1. The monoisotopic (exact) mass is 271 g/mol. The van der Waals surface area contributed by atoms with E-state index in [1.165, 1.54) is 0 Å². The van der Waals surface area contributed by atoms with Gasteiger partial charge >= 0.3 is 0 Å². The molecule has 1 heterocycles. The van der Waals surface area contributed by atoms with Crippen LogP contribution in [0.4, 0.5) is 0 Å². The third kappa shape index (κ3) is 2.32. The lowest BCUT2D eigenvalue weighted by molar-refractivity contribution is 0.0625. The summed E-state index contributed by atoms with van der Waals surface area (Å²) in [5.41, 5.74) is 5.56. The van der Waals surface area contributed by atoms with Crippen LogP contribution in [-0.2, 0) is 4.84 Å². The van der Waals surface area contributed by atoms with Crippen molar-refractivity contribution in [3.63, 3.8) is 0 Å². The topological polar surface area (TPSA) is 38.3 Å². The molecule has 17 heavy (non-hydrogen) atoms. The summed E-state index contributed by atoms with van der Waals surface area (Å²) >= 11 is 11.7. The van der Waals surface area contributed by atoms with E-state index in [4.69, 9.17) is 28.0 Å². The number of rotatable bonds is 2. The highest BCUT2D eigenvalue weighted by molar-refractivity contribution is 6.68. The molecule has 0 bridgehead atoms. The summed E-state index contributed by atoms with van der Waals surface area (Å²) in [5.74, 6) is 0. The fourth-order valence-electron chi connectivity index (χ4n) is 1.75. The van der Waals surface area contributed by atoms with Gasteiger partial charge in [-0.2, -0.15) is 0 Å². The number of hydroxylamine groups is 1. The Hall–Kier alpha value is -1.03. The first kappa shape index (κ1) is 12.4. The van der Waals surface area contributed by atoms with E-state index in [2.05, 4.69) is 5.48 Å². The number of halogens is 2. The third-order valence-electron chi connectivity index (χ3n) is 2.59. The van der Waals surface area contributed by atoms with Crippen molar-refractivity contribution < 1.29 is 9.63 Å². The van der Waals surface area contributed by atoms with Gasteiger partial charge < -0.3 is 0 Å². The Kier molecular flexibility index (Phi) is 3.43. The van der Waals surface area contributed by atoms with Gasteiger partial charge in [-0.15, -0.1) is 0 Å². The molecule has 0 spiro atoms. The van der Waals surface area contributed by atoms with Gasteiger partial charge in [-0.05, 0) is 43.2 Å². The normalized spacial score (nSPS) is 18.8. The number of aryl methyl sites for hydroxylation is 1. The van der Waals surface area contributed by atoms with Crippen molar-refractivity contribution in [3.8, 4) is 0 Å². The fraction of sp³-hybridized carbons (Fsp3) is 0.250. The predicted octanol–water partition coefficient (Wildman–Crippen LogP) is 3.29. The van der Waals surface area contributed by atoms with E-state index >= 15 is 0 Å². The Morgan fingerprint density at radius 3 is 2.71 bits per heavy atom. The van der Waals surface area contributed by atoms with Gasteiger partial charge in [0.05, 0.1) is 16.3 Å². The van der Waals surface area contributed by atoms with E-state index in [9.17, 15) is 4.79 Å².